The summed E-state index contributed by atoms with van der Waals surface area (Å²) >= 11 is 3.51. The Hall–Kier alpha value is -2.00. The lowest BCUT2D eigenvalue weighted by Gasteiger charge is -2.17. The molecular weight excluding hydrogens is 528 g/mol. The van der Waals surface area contributed by atoms with Crippen LogP contribution in [0.1, 0.15) is 97.9 Å². The molecule has 0 aliphatic heterocycles. The molecule has 0 radical (unpaired) electrons. The standard InChI is InChI=1S/C17H25N.C9H9N.C8H17Br.CH4/c1-4-6-9-15(5-2)13-18-14(3)12-16-10-7-8-11-17(16)18;1-7-6-8-4-2-3-5-9(8)10-7;1-3-5-6-8(4-2)7-9;/h7-8,10-12,15H,4-6,9,13H2,1-3H3;2-6,10H,1H3;8H,3-7H2,1-2H3;1H4. The van der Waals surface area contributed by atoms with Crippen molar-refractivity contribution in [3.05, 3.63) is 72.1 Å². The average molecular weight is 584 g/mol. The van der Waals surface area contributed by atoms with Gasteiger partial charge in [-0.3, -0.25) is 0 Å². The van der Waals surface area contributed by atoms with Crippen molar-refractivity contribution < 1.29 is 0 Å². The number of aryl methyl sites for hydroxylation is 2. The number of hydrogen-bond acceptors (Lipinski definition) is 0. The molecule has 4 aromatic rings. The maximum absolute atomic E-state index is 3.51. The van der Waals surface area contributed by atoms with Crippen LogP contribution in [0.5, 0.6) is 0 Å². The molecule has 0 bridgehead atoms. The zero-order chi connectivity index (χ0) is 27.0. The van der Waals surface area contributed by atoms with Gasteiger partial charge in [-0.1, -0.05) is 126 Å². The van der Waals surface area contributed by atoms with Gasteiger partial charge < -0.3 is 9.55 Å². The Morgan fingerprint density at radius 3 is 1.92 bits per heavy atom. The first-order valence-electron chi connectivity index (χ1n) is 14.6. The van der Waals surface area contributed by atoms with E-state index in [1.807, 2.05) is 6.07 Å². The van der Waals surface area contributed by atoms with E-state index >= 15 is 0 Å². The van der Waals surface area contributed by atoms with Crippen LogP contribution in [0.15, 0.2) is 60.7 Å². The Morgan fingerprint density at radius 2 is 1.34 bits per heavy atom. The molecule has 2 heterocycles. The molecule has 0 amide bonds. The quantitative estimate of drug-likeness (QED) is 0.170. The molecule has 0 saturated heterocycles. The van der Waals surface area contributed by atoms with E-state index in [-0.39, 0.29) is 7.43 Å². The maximum atomic E-state index is 3.51. The lowest BCUT2D eigenvalue weighted by molar-refractivity contribution is 0.393. The minimum atomic E-state index is 0. The monoisotopic (exact) mass is 582 g/mol. The highest BCUT2D eigenvalue weighted by Gasteiger charge is 2.11. The third-order valence-corrected chi connectivity index (χ3v) is 8.34. The number of hydrogen-bond donors (Lipinski definition) is 1. The van der Waals surface area contributed by atoms with Crippen molar-refractivity contribution in [1.29, 1.82) is 0 Å². The smallest absolute Gasteiger partial charge is 0.0482 e. The zero-order valence-corrected chi connectivity index (χ0v) is 25.9. The summed E-state index contributed by atoms with van der Waals surface area (Å²) in [5, 5.41) is 3.85. The maximum Gasteiger partial charge on any atom is 0.0482 e. The minimum absolute atomic E-state index is 0. The lowest BCUT2D eigenvalue weighted by Crippen LogP contribution is -2.11. The number of nitrogens with zero attached hydrogens (tertiary/aromatic N) is 1. The van der Waals surface area contributed by atoms with Gasteiger partial charge in [-0.2, -0.15) is 0 Å². The largest absolute Gasteiger partial charge is 0.359 e. The Balaban J connectivity index is 0.000000308. The summed E-state index contributed by atoms with van der Waals surface area (Å²) in [6.07, 6.45) is 10.8. The van der Waals surface area contributed by atoms with Gasteiger partial charge in [0, 0.05) is 34.3 Å². The van der Waals surface area contributed by atoms with Gasteiger partial charge in [0.2, 0.25) is 0 Å². The van der Waals surface area contributed by atoms with Gasteiger partial charge in [0.1, 0.15) is 0 Å². The fraction of sp³-hybridized carbons (Fsp3) is 0.543. The topological polar surface area (TPSA) is 20.7 Å². The zero-order valence-electron chi connectivity index (χ0n) is 24.3. The van der Waals surface area contributed by atoms with Crippen LogP contribution < -0.4 is 0 Å². The normalized spacial score (nSPS) is 12.2. The highest BCUT2D eigenvalue weighted by molar-refractivity contribution is 9.09. The van der Waals surface area contributed by atoms with Crippen molar-refractivity contribution >= 4 is 37.7 Å². The van der Waals surface area contributed by atoms with Crippen LogP contribution in [0, 0.1) is 25.7 Å². The van der Waals surface area contributed by atoms with Crippen molar-refractivity contribution in [2.45, 2.75) is 107 Å². The predicted octanol–water partition coefficient (Wildman–Crippen LogP) is 11.9. The Kier molecular flexibility index (Phi) is 17.1. The first-order chi connectivity index (χ1) is 18.0. The van der Waals surface area contributed by atoms with E-state index in [1.54, 1.807) is 0 Å². The number of rotatable bonds is 11. The molecule has 3 heteroatoms. The van der Waals surface area contributed by atoms with Crippen molar-refractivity contribution in [2.24, 2.45) is 11.8 Å². The number of unbranched alkanes of at least 4 members (excludes halogenated alkanes) is 2. The van der Waals surface area contributed by atoms with Crippen molar-refractivity contribution in [3.8, 4) is 0 Å². The summed E-state index contributed by atoms with van der Waals surface area (Å²) in [4.78, 5) is 3.26. The van der Waals surface area contributed by atoms with Crippen molar-refractivity contribution in [2.75, 3.05) is 5.33 Å². The van der Waals surface area contributed by atoms with Gasteiger partial charge in [-0.15, -0.1) is 0 Å². The van der Waals surface area contributed by atoms with Crippen LogP contribution in [-0.2, 0) is 6.54 Å². The second kappa shape index (κ2) is 19.1. The van der Waals surface area contributed by atoms with Gasteiger partial charge in [0.15, 0.2) is 0 Å². The molecule has 2 aromatic carbocycles. The van der Waals surface area contributed by atoms with Gasteiger partial charge in [0.05, 0.1) is 0 Å². The summed E-state index contributed by atoms with van der Waals surface area (Å²) < 4.78 is 2.50. The molecule has 4 rings (SSSR count). The van der Waals surface area contributed by atoms with Gasteiger partial charge >= 0.3 is 0 Å². The molecule has 38 heavy (non-hydrogen) atoms. The van der Waals surface area contributed by atoms with Crippen LogP contribution in [0.4, 0.5) is 0 Å². The molecule has 2 aromatic heterocycles. The number of nitrogens with one attached hydrogen (secondary N) is 1. The summed E-state index contributed by atoms with van der Waals surface area (Å²) in [6, 6.07) is 21.5. The van der Waals surface area contributed by atoms with E-state index < -0.39 is 0 Å². The van der Waals surface area contributed by atoms with Crippen molar-refractivity contribution in [1.82, 2.24) is 9.55 Å². The van der Waals surface area contributed by atoms with Crippen molar-refractivity contribution in [3.63, 3.8) is 0 Å². The van der Waals surface area contributed by atoms with Gasteiger partial charge in [0.25, 0.3) is 0 Å². The molecule has 2 nitrogen and oxygen atoms in total. The molecule has 2 atom stereocenters. The number of benzene rings is 2. The van der Waals surface area contributed by atoms with E-state index in [0.29, 0.717) is 0 Å². The van der Waals surface area contributed by atoms with Gasteiger partial charge in [-0.25, -0.2) is 0 Å². The molecule has 1 N–H and O–H groups in total. The second-order valence-corrected chi connectivity index (χ2v) is 11.1. The average Bonchev–Trinajstić information content (AvgIpc) is 3.45. The number of aromatic nitrogens is 2. The molecule has 0 aliphatic carbocycles. The summed E-state index contributed by atoms with van der Waals surface area (Å²) in [5.74, 6) is 1.74. The second-order valence-electron chi connectivity index (χ2n) is 10.5. The van der Waals surface area contributed by atoms with E-state index in [2.05, 4.69) is 122 Å². The Bertz CT molecular complexity index is 1100. The van der Waals surface area contributed by atoms with Crippen LogP contribution in [-0.4, -0.2) is 14.9 Å². The fourth-order valence-corrected chi connectivity index (χ4v) is 5.65. The third kappa shape index (κ3) is 11.0. The van der Waals surface area contributed by atoms with Crippen LogP contribution >= 0.6 is 15.9 Å². The van der Waals surface area contributed by atoms with E-state index in [0.717, 1.165) is 11.8 Å². The number of H-pyrrole nitrogens is 1. The molecule has 212 valence electrons. The number of aromatic amines is 1. The SMILES string of the molecule is C.CCCCC(CC)CBr.CCCCC(CC)Cn1c(C)cc2ccccc21.Cc1cc2ccccc2[nH]1. The van der Waals surface area contributed by atoms with E-state index in [9.17, 15) is 0 Å². The molecule has 0 spiro atoms. The summed E-state index contributed by atoms with van der Waals surface area (Å²) in [7, 11) is 0. The number of halogens is 1. The Morgan fingerprint density at radius 1 is 0.763 bits per heavy atom. The molecular formula is C35H55BrN2. The molecule has 0 fully saturated rings. The predicted molar refractivity (Wildman–Crippen MR) is 177 cm³/mol. The summed E-state index contributed by atoms with van der Waals surface area (Å²) in [6.45, 7) is 14.6. The van der Waals surface area contributed by atoms with Crippen LogP contribution in [0.25, 0.3) is 21.8 Å². The number of fused-ring (bicyclic) bond motifs is 2. The fourth-order valence-electron chi connectivity index (χ4n) is 4.87. The summed E-state index contributed by atoms with van der Waals surface area (Å²) in [5.41, 5.74) is 5.23. The lowest BCUT2D eigenvalue weighted by atomic mass is 9.99. The Labute approximate surface area is 242 Å². The number of alkyl halides is 1. The van der Waals surface area contributed by atoms with Crippen LogP contribution in [0.2, 0.25) is 0 Å². The third-order valence-electron chi connectivity index (χ3n) is 7.43. The first-order valence-corrected chi connectivity index (χ1v) is 15.7. The highest BCUT2D eigenvalue weighted by Crippen LogP contribution is 2.23. The van der Waals surface area contributed by atoms with Crippen LogP contribution in [0.3, 0.4) is 0 Å². The molecule has 0 saturated carbocycles. The minimum Gasteiger partial charge on any atom is -0.359 e. The first kappa shape index (κ1) is 34.0. The number of para-hydroxylation sites is 2. The molecule has 2 unspecified atom stereocenters. The van der Waals surface area contributed by atoms with E-state index in [1.165, 1.54) is 96.4 Å². The van der Waals surface area contributed by atoms with Gasteiger partial charge in [-0.05, 0) is 73.6 Å². The molecule has 0 aliphatic rings. The highest BCUT2D eigenvalue weighted by atomic mass is 79.9. The van der Waals surface area contributed by atoms with E-state index in [4.69, 9.17) is 0 Å².